The van der Waals surface area contributed by atoms with Crippen molar-refractivity contribution in [2.75, 3.05) is 18.0 Å². The highest BCUT2D eigenvalue weighted by atomic mass is 19.1. The van der Waals surface area contributed by atoms with Crippen LogP contribution in [0.4, 0.5) is 14.9 Å². The van der Waals surface area contributed by atoms with Gasteiger partial charge in [0.25, 0.3) is 0 Å². The topological polar surface area (TPSA) is 40.6 Å². The monoisotopic (exact) mass is 516 g/mol. The third-order valence-corrected chi connectivity index (χ3v) is 10.4. The van der Waals surface area contributed by atoms with Gasteiger partial charge < -0.3 is 4.90 Å². The molecule has 2 saturated heterocycles. The molecule has 0 bridgehead atoms. The Morgan fingerprint density at radius 1 is 1.08 bits per heavy atom. The Bertz CT molecular complexity index is 1260. The Morgan fingerprint density at radius 3 is 2.50 bits per heavy atom. The van der Waals surface area contributed by atoms with Crippen molar-refractivity contribution < 1.29 is 14.0 Å². The summed E-state index contributed by atoms with van der Waals surface area (Å²) in [4.78, 5) is 30.1. The zero-order valence-electron chi connectivity index (χ0n) is 23.2. The minimum Gasteiger partial charge on any atom is -0.320 e. The van der Waals surface area contributed by atoms with Gasteiger partial charge in [-0.25, -0.2) is 9.18 Å². The summed E-state index contributed by atoms with van der Waals surface area (Å²) in [5.41, 5.74) is 5.05. The third-order valence-electron chi connectivity index (χ3n) is 10.4. The standard InChI is InChI=1S/C33H41FN2O2/c1-4-6-24-19-25(36-20-26-7-5-16-35(26)31(36)38)9-11-28(24)30(37)18-22-8-10-27(29(34)17-22)23-12-14-33(15-13-23)21-32(33,2)3/h8-11,17,19,23,26H,4-7,12-16,18,20-21H2,1-3H3/t23?,26-,33?/m1/s1. The number of halogens is 1. The Morgan fingerprint density at radius 2 is 1.84 bits per heavy atom. The molecule has 6 rings (SSSR count). The number of fused-ring (bicyclic) bond motifs is 1. The van der Waals surface area contributed by atoms with Gasteiger partial charge >= 0.3 is 6.03 Å². The molecule has 202 valence electrons. The summed E-state index contributed by atoms with van der Waals surface area (Å²) in [5, 5.41) is 0. The van der Waals surface area contributed by atoms with Crippen LogP contribution in [0.5, 0.6) is 0 Å². The zero-order valence-corrected chi connectivity index (χ0v) is 23.2. The normalized spacial score (nSPS) is 27.7. The summed E-state index contributed by atoms with van der Waals surface area (Å²) >= 11 is 0. The highest BCUT2D eigenvalue weighted by Gasteiger charge is 2.60. The van der Waals surface area contributed by atoms with Gasteiger partial charge in [0.05, 0.1) is 6.04 Å². The van der Waals surface area contributed by atoms with Gasteiger partial charge in [-0.1, -0.05) is 39.3 Å². The number of Topliss-reactive ketones (excluding diaryl/α,β-unsaturated/α-hetero) is 1. The number of hydrogen-bond acceptors (Lipinski definition) is 2. The smallest absolute Gasteiger partial charge is 0.320 e. The lowest BCUT2D eigenvalue weighted by atomic mass is 9.73. The van der Waals surface area contributed by atoms with Gasteiger partial charge in [-0.15, -0.1) is 0 Å². The van der Waals surface area contributed by atoms with Crippen LogP contribution in [0.3, 0.4) is 0 Å². The molecule has 38 heavy (non-hydrogen) atoms. The third kappa shape index (κ3) is 4.36. The minimum absolute atomic E-state index is 0.0103. The lowest BCUT2D eigenvalue weighted by molar-refractivity contribution is 0.0992. The summed E-state index contributed by atoms with van der Waals surface area (Å²) in [7, 11) is 0. The molecular weight excluding hydrogens is 475 g/mol. The van der Waals surface area contributed by atoms with Crippen molar-refractivity contribution in [1.29, 1.82) is 0 Å². The SMILES string of the molecule is CCCc1cc(N2C[C@H]3CCCN3C2=O)ccc1C(=O)Cc1ccc(C2CCC3(CC2)CC3(C)C)c(F)c1. The number of aryl methyl sites for hydroxylation is 1. The van der Waals surface area contributed by atoms with E-state index in [1.165, 1.54) is 19.3 Å². The predicted octanol–water partition coefficient (Wildman–Crippen LogP) is 7.68. The molecule has 2 aromatic carbocycles. The lowest BCUT2D eigenvalue weighted by Gasteiger charge is -2.31. The van der Waals surface area contributed by atoms with E-state index in [4.69, 9.17) is 0 Å². The number of benzene rings is 2. The number of carbonyl (C=O) groups is 2. The highest BCUT2D eigenvalue weighted by Crippen LogP contribution is 2.71. The number of carbonyl (C=O) groups excluding carboxylic acids is 2. The van der Waals surface area contributed by atoms with E-state index in [0.717, 1.165) is 74.0 Å². The second-order valence-corrected chi connectivity index (χ2v) is 13.0. The second kappa shape index (κ2) is 9.50. The van der Waals surface area contributed by atoms with Crippen molar-refractivity contribution in [2.24, 2.45) is 10.8 Å². The molecule has 0 aromatic heterocycles. The Balaban J connectivity index is 1.15. The van der Waals surface area contributed by atoms with Gasteiger partial charge in [0.15, 0.2) is 5.78 Å². The first-order chi connectivity index (χ1) is 18.2. The van der Waals surface area contributed by atoms with Crippen molar-refractivity contribution in [3.8, 4) is 0 Å². The number of amides is 2. The van der Waals surface area contributed by atoms with Crippen molar-refractivity contribution in [2.45, 2.75) is 96.9 Å². The van der Waals surface area contributed by atoms with Crippen LogP contribution in [0.1, 0.15) is 105 Å². The Hall–Kier alpha value is -2.69. The van der Waals surface area contributed by atoms with Crippen molar-refractivity contribution in [3.05, 3.63) is 64.5 Å². The fraction of sp³-hybridized carbons (Fsp3) is 0.576. The van der Waals surface area contributed by atoms with Crippen LogP contribution < -0.4 is 4.90 Å². The van der Waals surface area contributed by atoms with E-state index < -0.39 is 0 Å². The fourth-order valence-corrected chi connectivity index (χ4v) is 7.86. The molecule has 4 fully saturated rings. The van der Waals surface area contributed by atoms with Crippen LogP contribution >= 0.6 is 0 Å². The van der Waals surface area contributed by atoms with Crippen LogP contribution in [-0.2, 0) is 12.8 Å². The molecule has 2 aromatic rings. The van der Waals surface area contributed by atoms with Crippen molar-refractivity contribution >= 4 is 17.5 Å². The summed E-state index contributed by atoms with van der Waals surface area (Å²) in [6.07, 6.45) is 9.85. The van der Waals surface area contributed by atoms with Crippen LogP contribution in [0.2, 0.25) is 0 Å². The molecule has 1 spiro atoms. The maximum absolute atomic E-state index is 15.3. The van der Waals surface area contributed by atoms with Crippen LogP contribution in [0, 0.1) is 16.6 Å². The first-order valence-corrected chi connectivity index (χ1v) is 14.7. The van der Waals surface area contributed by atoms with Gasteiger partial charge in [0.2, 0.25) is 0 Å². The zero-order chi connectivity index (χ0) is 26.7. The summed E-state index contributed by atoms with van der Waals surface area (Å²) < 4.78 is 15.3. The number of hydrogen-bond donors (Lipinski definition) is 0. The van der Waals surface area contributed by atoms with Crippen molar-refractivity contribution in [1.82, 2.24) is 4.90 Å². The quantitative estimate of drug-likeness (QED) is 0.354. The van der Waals surface area contributed by atoms with E-state index in [0.29, 0.717) is 22.4 Å². The summed E-state index contributed by atoms with van der Waals surface area (Å²) in [6, 6.07) is 11.7. The van der Waals surface area contributed by atoms with E-state index >= 15 is 4.39 Å². The molecule has 1 atom stereocenters. The first kappa shape index (κ1) is 25.6. The van der Waals surface area contributed by atoms with E-state index in [2.05, 4.69) is 20.8 Å². The largest absolute Gasteiger partial charge is 0.324 e. The fourth-order valence-electron chi connectivity index (χ4n) is 7.86. The number of nitrogens with zero attached hydrogens (tertiary/aromatic N) is 2. The second-order valence-electron chi connectivity index (χ2n) is 13.0. The summed E-state index contributed by atoms with van der Waals surface area (Å²) in [6.45, 7) is 8.40. The molecule has 4 nitrogen and oxygen atoms in total. The van der Waals surface area contributed by atoms with E-state index in [1.54, 1.807) is 6.07 Å². The van der Waals surface area contributed by atoms with Gasteiger partial charge in [-0.2, -0.15) is 0 Å². The molecule has 5 heteroatoms. The molecule has 0 radical (unpaired) electrons. The van der Waals surface area contributed by atoms with Gasteiger partial charge in [0.1, 0.15) is 5.82 Å². The molecule has 2 saturated carbocycles. The van der Waals surface area contributed by atoms with E-state index in [1.807, 2.05) is 40.1 Å². The molecule has 2 aliphatic carbocycles. The average molecular weight is 517 g/mol. The van der Waals surface area contributed by atoms with Gasteiger partial charge in [-0.3, -0.25) is 9.69 Å². The maximum Gasteiger partial charge on any atom is 0.324 e. The predicted molar refractivity (Wildman–Crippen MR) is 149 cm³/mol. The maximum atomic E-state index is 15.3. The van der Waals surface area contributed by atoms with Crippen LogP contribution in [0.25, 0.3) is 0 Å². The highest BCUT2D eigenvalue weighted by molar-refractivity contribution is 6.00. The molecular formula is C33H41FN2O2. The van der Waals surface area contributed by atoms with Gasteiger partial charge in [0, 0.05) is 30.8 Å². The number of rotatable bonds is 7. The molecule has 0 unspecified atom stereocenters. The minimum atomic E-state index is -0.163. The van der Waals surface area contributed by atoms with E-state index in [9.17, 15) is 9.59 Å². The number of anilines is 1. The van der Waals surface area contributed by atoms with Gasteiger partial charge in [-0.05, 0) is 109 Å². The Kier molecular flexibility index (Phi) is 6.39. The molecule has 2 heterocycles. The average Bonchev–Trinajstić information content (AvgIpc) is 3.20. The number of urea groups is 1. The van der Waals surface area contributed by atoms with Crippen LogP contribution in [-0.4, -0.2) is 35.8 Å². The van der Waals surface area contributed by atoms with Crippen LogP contribution in [0.15, 0.2) is 36.4 Å². The molecule has 0 N–H and O–H groups in total. The summed E-state index contributed by atoms with van der Waals surface area (Å²) in [5.74, 6) is 0.134. The van der Waals surface area contributed by atoms with E-state index in [-0.39, 0.29) is 30.0 Å². The number of ketones is 1. The molecule has 4 aliphatic rings. The lowest BCUT2D eigenvalue weighted by Crippen LogP contribution is -2.31. The molecule has 2 aliphatic heterocycles. The Labute approximate surface area is 226 Å². The van der Waals surface area contributed by atoms with Crippen molar-refractivity contribution in [3.63, 3.8) is 0 Å². The first-order valence-electron chi connectivity index (χ1n) is 14.7. The molecule has 2 amide bonds.